The second kappa shape index (κ2) is 7.02. The molecule has 1 aromatic carbocycles. The van der Waals surface area contributed by atoms with Gasteiger partial charge in [0.1, 0.15) is 17.1 Å². The molecular formula is C19H25FN2O3. The molecule has 2 amide bonds. The number of hydrogen-bond acceptors (Lipinski definition) is 3. The number of amides is 2. The highest BCUT2D eigenvalue weighted by Crippen LogP contribution is 2.40. The van der Waals surface area contributed by atoms with Crippen molar-refractivity contribution in [2.45, 2.75) is 44.6 Å². The fraction of sp³-hybridized carbons (Fsp3) is 0.579. The Hall–Kier alpha value is -2.11. The van der Waals surface area contributed by atoms with Gasteiger partial charge in [-0.3, -0.25) is 9.59 Å². The molecule has 2 saturated heterocycles. The zero-order valence-electron chi connectivity index (χ0n) is 14.9. The third-order valence-corrected chi connectivity index (χ3v) is 5.32. The molecular weight excluding hydrogens is 323 g/mol. The van der Waals surface area contributed by atoms with Crippen molar-refractivity contribution >= 4 is 11.8 Å². The number of carbonyl (C=O) groups excluding carboxylic acids is 2. The maximum Gasteiger partial charge on any atom is 0.258 e. The van der Waals surface area contributed by atoms with Crippen LogP contribution in [0.25, 0.3) is 0 Å². The molecule has 6 heteroatoms. The number of likely N-dealkylation sites (tertiary alicyclic amines) is 2. The Morgan fingerprint density at radius 3 is 2.68 bits per heavy atom. The number of benzene rings is 1. The van der Waals surface area contributed by atoms with E-state index >= 15 is 0 Å². The molecule has 1 spiro atoms. The zero-order chi connectivity index (χ0) is 18.0. The lowest BCUT2D eigenvalue weighted by Crippen LogP contribution is -2.61. The summed E-state index contributed by atoms with van der Waals surface area (Å²) >= 11 is 0. The van der Waals surface area contributed by atoms with Crippen LogP contribution in [-0.2, 0) is 4.79 Å². The van der Waals surface area contributed by atoms with Crippen molar-refractivity contribution in [3.05, 3.63) is 29.6 Å². The molecule has 3 rings (SSSR count). The summed E-state index contributed by atoms with van der Waals surface area (Å²) in [6.07, 6.45) is 3.92. The highest BCUT2D eigenvalue weighted by molar-refractivity contribution is 6.01. The Balaban J connectivity index is 1.95. The van der Waals surface area contributed by atoms with E-state index in [4.69, 9.17) is 4.74 Å². The number of ether oxygens (including phenoxy) is 1. The van der Waals surface area contributed by atoms with Crippen LogP contribution in [0.1, 0.15) is 49.4 Å². The normalized spacial score (nSPS) is 23.4. The zero-order valence-corrected chi connectivity index (χ0v) is 14.9. The van der Waals surface area contributed by atoms with Gasteiger partial charge < -0.3 is 14.5 Å². The van der Waals surface area contributed by atoms with E-state index in [0.717, 1.165) is 25.8 Å². The van der Waals surface area contributed by atoms with Crippen molar-refractivity contribution in [2.75, 3.05) is 26.7 Å². The fourth-order valence-corrected chi connectivity index (χ4v) is 4.20. The molecule has 136 valence electrons. The molecule has 25 heavy (non-hydrogen) atoms. The van der Waals surface area contributed by atoms with Crippen molar-refractivity contribution in [3.8, 4) is 5.75 Å². The van der Waals surface area contributed by atoms with Crippen LogP contribution in [0.5, 0.6) is 5.75 Å². The largest absolute Gasteiger partial charge is 0.496 e. The average Bonchev–Trinajstić information content (AvgIpc) is 3.03. The Kier molecular flexibility index (Phi) is 4.97. The van der Waals surface area contributed by atoms with Gasteiger partial charge in [0.2, 0.25) is 5.91 Å². The highest BCUT2D eigenvalue weighted by Gasteiger charge is 2.52. The maximum absolute atomic E-state index is 13.7. The summed E-state index contributed by atoms with van der Waals surface area (Å²) in [6.45, 7) is 4.03. The first kappa shape index (κ1) is 17.7. The first-order valence-electron chi connectivity index (χ1n) is 8.98. The third kappa shape index (κ3) is 2.98. The maximum atomic E-state index is 13.7. The van der Waals surface area contributed by atoms with Gasteiger partial charge in [0.15, 0.2) is 0 Å². The SMILES string of the molecule is CCCN1CCCC2(CCCN2C(=O)c2cc(F)ccc2OC)C1=O. The van der Waals surface area contributed by atoms with E-state index in [1.807, 2.05) is 11.8 Å². The minimum absolute atomic E-state index is 0.0434. The minimum Gasteiger partial charge on any atom is -0.496 e. The number of carbonyl (C=O) groups is 2. The van der Waals surface area contributed by atoms with Crippen LogP contribution in [0.3, 0.4) is 0 Å². The number of hydrogen-bond donors (Lipinski definition) is 0. The summed E-state index contributed by atoms with van der Waals surface area (Å²) in [7, 11) is 1.46. The summed E-state index contributed by atoms with van der Waals surface area (Å²) in [6, 6.07) is 3.92. The summed E-state index contributed by atoms with van der Waals surface area (Å²) in [5.74, 6) is -0.426. The summed E-state index contributed by atoms with van der Waals surface area (Å²) < 4.78 is 18.9. The molecule has 1 atom stereocenters. The molecule has 1 aromatic rings. The van der Waals surface area contributed by atoms with E-state index in [9.17, 15) is 14.0 Å². The topological polar surface area (TPSA) is 49.9 Å². The lowest BCUT2D eigenvalue weighted by Gasteiger charge is -2.44. The molecule has 0 saturated carbocycles. The third-order valence-electron chi connectivity index (χ3n) is 5.32. The molecule has 5 nitrogen and oxygen atoms in total. The molecule has 2 aliphatic heterocycles. The van der Waals surface area contributed by atoms with Crippen LogP contribution in [-0.4, -0.2) is 53.9 Å². The number of nitrogens with zero attached hydrogens (tertiary/aromatic N) is 2. The molecule has 2 aliphatic rings. The Morgan fingerprint density at radius 2 is 2.00 bits per heavy atom. The Labute approximate surface area is 147 Å². The van der Waals surface area contributed by atoms with Gasteiger partial charge in [-0.05, 0) is 50.3 Å². The molecule has 0 aliphatic carbocycles. The van der Waals surface area contributed by atoms with Crippen molar-refractivity contribution < 1.29 is 18.7 Å². The quantitative estimate of drug-likeness (QED) is 0.841. The van der Waals surface area contributed by atoms with E-state index in [1.54, 1.807) is 4.90 Å². The number of halogens is 1. The summed E-state index contributed by atoms with van der Waals surface area (Å²) in [5.41, 5.74) is -0.592. The summed E-state index contributed by atoms with van der Waals surface area (Å²) in [4.78, 5) is 29.8. The number of piperidine rings is 1. The molecule has 0 radical (unpaired) electrons. The van der Waals surface area contributed by atoms with Gasteiger partial charge in [-0.25, -0.2) is 4.39 Å². The lowest BCUT2D eigenvalue weighted by molar-refractivity contribution is -0.145. The van der Waals surface area contributed by atoms with Gasteiger partial charge in [-0.2, -0.15) is 0 Å². The van der Waals surface area contributed by atoms with Crippen LogP contribution in [0.4, 0.5) is 4.39 Å². The molecule has 2 fully saturated rings. The monoisotopic (exact) mass is 348 g/mol. The molecule has 1 unspecified atom stereocenters. The van der Waals surface area contributed by atoms with Crippen LogP contribution in [0.15, 0.2) is 18.2 Å². The smallest absolute Gasteiger partial charge is 0.258 e. The lowest BCUT2D eigenvalue weighted by atomic mass is 9.85. The number of methoxy groups -OCH3 is 1. The van der Waals surface area contributed by atoms with Gasteiger partial charge in [0.25, 0.3) is 5.91 Å². The van der Waals surface area contributed by atoms with E-state index in [-0.39, 0.29) is 17.4 Å². The van der Waals surface area contributed by atoms with E-state index in [2.05, 4.69) is 0 Å². The molecule has 0 bridgehead atoms. The second-order valence-electron chi connectivity index (χ2n) is 6.83. The molecule has 2 heterocycles. The van der Waals surface area contributed by atoms with Crippen molar-refractivity contribution in [1.82, 2.24) is 9.80 Å². The average molecular weight is 348 g/mol. The fourth-order valence-electron chi connectivity index (χ4n) is 4.20. The second-order valence-corrected chi connectivity index (χ2v) is 6.83. The van der Waals surface area contributed by atoms with Gasteiger partial charge in [-0.1, -0.05) is 6.92 Å². The Morgan fingerprint density at radius 1 is 1.28 bits per heavy atom. The molecule has 0 N–H and O–H groups in total. The minimum atomic E-state index is -0.776. The van der Waals surface area contributed by atoms with Crippen molar-refractivity contribution in [3.63, 3.8) is 0 Å². The van der Waals surface area contributed by atoms with Crippen LogP contribution in [0, 0.1) is 5.82 Å². The molecule has 0 aromatic heterocycles. The van der Waals surface area contributed by atoms with Gasteiger partial charge in [0.05, 0.1) is 12.7 Å². The van der Waals surface area contributed by atoms with Crippen molar-refractivity contribution in [2.24, 2.45) is 0 Å². The van der Waals surface area contributed by atoms with E-state index in [0.29, 0.717) is 31.7 Å². The first-order chi connectivity index (χ1) is 12.0. The van der Waals surface area contributed by atoms with Crippen LogP contribution in [0.2, 0.25) is 0 Å². The summed E-state index contributed by atoms with van der Waals surface area (Å²) in [5, 5.41) is 0. The van der Waals surface area contributed by atoms with Gasteiger partial charge >= 0.3 is 0 Å². The van der Waals surface area contributed by atoms with Crippen LogP contribution >= 0.6 is 0 Å². The van der Waals surface area contributed by atoms with E-state index in [1.165, 1.54) is 25.3 Å². The standard InChI is InChI=1S/C19H25FN2O3/c1-3-10-21-11-4-8-19(18(21)24)9-5-12-22(19)17(23)15-13-14(20)6-7-16(15)25-2/h6-7,13H,3-5,8-12H2,1-2H3. The van der Waals surface area contributed by atoms with Gasteiger partial charge in [0, 0.05) is 19.6 Å². The highest BCUT2D eigenvalue weighted by atomic mass is 19.1. The van der Waals surface area contributed by atoms with E-state index < -0.39 is 11.4 Å². The van der Waals surface area contributed by atoms with Crippen molar-refractivity contribution in [1.29, 1.82) is 0 Å². The first-order valence-corrected chi connectivity index (χ1v) is 8.98. The predicted molar refractivity (Wildman–Crippen MR) is 92.1 cm³/mol. The van der Waals surface area contributed by atoms with Gasteiger partial charge in [-0.15, -0.1) is 0 Å². The predicted octanol–water partition coefficient (Wildman–Crippen LogP) is 2.84. The Bertz CT molecular complexity index is 677. The number of rotatable bonds is 4. The van der Waals surface area contributed by atoms with Crippen LogP contribution < -0.4 is 4.74 Å².